The molecule has 1 saturated heterocycles. The second-order valence-electron chi connectivity index (χ2n) is 8.99. The molecular weight excluding hydrogens is 514 g/mol. The summed E-state index contributed by atoms with van der Waals surface area (Å²) in [6.45, 7) is 4.47. The molecule has 1 aliphatic rings. The highest BCUT2D eigenvalue weighted by Crippen LogP contribution is 2.28. The number of pyridine rings is 1. The maximum Gasteiger partial charge on any atom is 0.420 e. The Kier molecular flexibility index (Phi) is 7.01. The zero-order valence-corrected chi connectivity index (χ0v) is 21.3. The van der Waals surface area contributed by atoms with E-state index in [1.54, 1.807) is 6.92 Å². The minimum atomic E-state index is -4.50. The standard InChI is InChI=1S/C27H24F2N4O4S/c1-18(20-10-3-2-8-19(20)9-7-15-32-13-4-5-14-32)33-22-16-21(28)24(17-23(22)37-27(33)34)38(35,36)31-26-12-6-11-25(29)30-26/h2-3,6,8,10-12,16-18H,4-5,13-15H2,1H3,(H,30,31)/t18-/m1/s1. The van der Waals surface area contributed by atoms with E-state index >= 15 is 4.39 Å². The van der Waals surface area contributed by atoms with Crippen molar-refractivity contribution in [3.05, 3.63) is 88.0 Å². The number of fused-ring (bicyclic) bond motifs is 1. The van der Waals surface area contributed by atoms with Crippen LogP contribution in [0, 0.1) is 23.6 Å². The normalized spacial score (nSPS) is 14.8. The molecule has 1 atom stereocenters. The molecule has 0 amide bonds. The van der Waals surface area contributed by atoms with Crippen LogP contribution in [0.1, 0.15) is 36.9 Å². The fourth-order valence-corrected chi connectivity index (χ4v) is 5.64. The van der Waals surface area contributed by atoms with Crippen LogP contribution in [0.4, 0.5) is 14.6 Å². The smallest absolute Gasteiger partial charge is 0.408 e. The van der Waals surface area contributed by atoms with Crippen LogP contribution in [0.5, 0.6) is 0 Å². The number of anilines is 1. The minimum absolute atomic E-state index is 0.0858. The highest BCUT2D eigenvalue weighted by Gasteiger charge is 2.25. The molecule has 0 radical (unpaired) electrons. The van der Waals surface area contributed by atoms with Crippen LogP contribution in [0.25, 0.3) is 11.1 Å². The van der Waals surface area contributed by atoms with Crippen LogP contribution in [0.15, 0.2) is 68.7 Å². The molecule has 2 aromatic carbocycles. The van der Waals surface area contributed by atoms with Crippen LogP contribution < -0.4 is 10.5 Å². The summed E-state index contributed by atoms with van der Waals surface area (Å²) < 4.78 is 62.8. The molecule has 38 heavy (non-hydrogen) atoms. The number of nitrogens with one attached hydrogen (secondary N) is 1. The van der Waals surface area contributed by atoms with Gasteiger partial charge < -0.3 is 4.42 Å². The van der Waals surface area contributed by atoms with Crippen molar-refractivity contribution < 1.29 is 21.6 Å². The van der Waals surface area contributed by atoms with E-state index in [9.17, 15) is 17.6 Å². The average Bonchev–Trinajstić information content (AvgIpc) is 3.50. The predicted octanol–water partition coefficient (Wildman–Crippen LogP) is 4.13. The van der Waals surface area contributed by atoms with Gasteiger partial charge in [-0.25, -0.2) is 22.6 Å². The number of sulfonamides is 1. The molecule has 0 saturated carbocycles. The third-order valence-electron chi connectivity index (χ3n) is 6.43. The van der Waals surface area contributed by atoms with E-state index in [2.05, 4.69) is 21.7 Å². The summed E-state index contributed by atoms with van der Waals surface area (Å²) in [5.41, 5.74) is 1.44. The number of hydrogen-bond acceptors (Lipinski definition) is 6. The number of benzene rings is 2. The summed E-state index contributed by atoms with van der Waals surface area (Å²) in [7, 11) is -4.50. The van der Waals surface area contributed by atoms with Gasteiger partial charge in [0.25, 0.3) is 10.0 Å². The Hall–Kier alpha value is -4.01. The highest BCUT2D eigenvalue weighted by molar-refractivity contribution is 7.92. The number of oxazole rings is 1. The van der Waals surface area contributed by atoms with Crippen molar-refractivity contribution in [3.8, 4) is 11.8 Å². The van der Waals surface area contributed by atoms with Crippen LogP contribution >= 0.6 is 0 Å². The minimum Gasteiger partial charge on any atom is -0.408 e. The highest BCUT2D eigenvalue weighted by atomic mass is 32.2. The van der Waals surface area contributed by atoms with E-state index in [1.165, 1.54) is 29.5 Å². The van der Waals surface area contributed by atoms with E-state index in [4.69, 9.17) is 4.42 Å². The lowest BCUT2D eigenvalue weighted by Gasteiger charge is -2.16. The van der Waals surface area contributed by atoms with Gasteiger partial charge in [0.15, 0.2) is 5.58 Å². The monoisotopic (exact) mass is 538 g/mol. The Morgan fingerprint density at radius 1 is 1.11 bits per heavy atom. The Morgan fingerprint density at radius 2 is 1.87 bits per heavy atom. The zero-order chi connectivity index (χ0) is 26.9. The summed E-state index contributed by atoms with van der Waals surface area (Å²) in [6, 6.07) is 12.2. The van der Waals surface area contributed by atoms with Crippen LogP contribution in [-0.2, 0) is 10.0 Å². The van der Waals surface area contributed by atoms with Crippen molar-refractivity contribution in [2.75, 3.05) is 24.4 Å². The van der Waals surface area contributed by atoms with Crippen molar-refractivity contribution in [3.63, 3.8) is 0 Å². The summed E-state index contributed by atoms with van der Waals surface area (Å²) in [5, 5.41) is 0. The third-order valence-corrected chi connectivity index (χ3v) is 7.80. The number of aromatic nitrogens is 2. The Bertz CT molecular complexity index is 1730. The lowest BCUT2D eigenvalue weighted by molar-refractivity contribution is 0.383. The van der Waals surface area contributed by atoms with Crippen molar-refractivity contribution in [2.24, 2.45) is 0 Å². The first-order chi connectivity index (χ1) is 18.2. The molecule has 1 fully saturated rings. The van der Waals surface area contributed by atoms with Crippen molar-refractivity contribution >= 4 is 26.9 Å². The van der Waals surface area contributed by atoms with Gasteiger partial charge in [-0.05, 0) is 56.6 Å². The molecule has 1 N–H and O–H groups in total. The second-order valence-corrected chi connectivity index (χ2v) is 10.6. The van der Waals surface area contributed by atoms with Gasteiger partial charge >= 0.3 is 5.76 Å². The third kappa shape index (κ3) is 5.18. The van der Waals surface area contributed by atoms with Gasteiger partial charge in [-0.2, -0.15) is 4.39 Å². The van der Waals surface area contributed by atoms with Crippen LogP contribution in [-0.4, -0.2) is 42.5 Å². The van der Waals surface area contributed by atoms with Crippen molar-refractivity contribution in [1.82, 2.24) is 14.5 Å². The van der Waals surface area contributed by atoms with Crippen LogP contribution in [0.3, 0.4) is 0 Å². The van der Waals surface area contributed by atoms with Gasteiger partial charge in [0, 0.05) is 17.7 Å². The Labute approximate surface area is 218 Å². The number of halogens is 2. The Balaban J connectivity index is 1.49. The van der Waals surface area contributed by atoms with Gasteiger partial charge in [0.2, 0.25) is 5.95 Å². The first-order valence-corrected chi connectivity index (χ1v) is 13.5. The van der Waals surface area contributed by atoms with E-state index in [0.29, 0.717) is 6.54 Å². The topological polar surface area (TPSA) is 97.4 Å². The summed E-state index contributed by atoms with van der Waals surface area (Å²) >= 11 is 0. The van der Waals surface area contributed by atoms with Crippen LogP contribution in [0.2, 0.25) is 0 Å². The second kappa shape index (κ2) is 10.4. The van der Waals surface area contributed by atoms with Gasteiger partial charge in [-0.3, -0.25) is 14.2 Å². The van der Waals surface area contributed by atoms with Crippen molar-refractivity contribution in [1.29, 1.82) is 0 Å². The largest absolute Gasteiger partial charge is 0.420 e. The maximum atomic E-state index is 15.1. The molecule has 4 aromatic rings. The molecule has 196 valence electrons. The molecular formula is C27H24F2N4O4S. The van der Waals surface area contributed by atoms with Gasteiger partial charge in [0.1, 0.15) is 16.5 Å². The molecule has 3 heterocycles. The first kappa shape index (κ1) is 25.6. The predicted molar refractivity (Wildman–Crippen MR) is 138 cm³/mol. The molecule has 11 heteroatoms. The quantitative estimate of drug-likeness (QED) is 0.293. The SMILES string of the molecule is C[C@H](c1ccccc1C#CCN1CCCC1)n1c(=O)oc2cc(S(=O)(=O)Nc3cccc(F)n3)c(F)cc21. The lowest BCUT2D eigenvalue weighted by atomic mass is 10.0. The van der Waals surface area contributed by atoms with Gasteiger partial charge in [0.05, 0.1) is 18.1 Å². The average molecular weight is 539 g/mol. The Morgan fingerprint density at radius 3 is 2.63 bits per heavy atom. The van der Waals surface area contributed by atoms with Gasteiger partial charge in [-0.1, -0.05) is 36.1 Å². The molecule has 0 unspecified atom stereocenters. The number of hydrogen-bond donors (Lipinski definition) is 1. The lowest BCUT2D eigenvalue weighted by Crippen LogP contribution is -2.20. The van der Waals surface area contributed by atoms with Crippen molar-refractivity contribution in [2.45, 2.75) is 30.7 Å². The van der Waals surface area contributed by atoms with E-state index in [1.807, 2.05) is 29.0 Å². The van der Waals surface area contributed by atoms with E-state index in [0.717, 1.165) is 42.4 Å². The molecule has 1 aliphatic heterocycles. The number of nitrogens with zero attached hydrogens (tertiary/aromatic N) is 3. The molecule has 8 nitrogen and oxygen atoms in total. The molecule has 2 aromatic heterocycles. The summed E-state index contributed by atoms with van der Waals surface area (Å²) in [5.74, 6) is 3.27. The molecule has 0 bridgehead atoms. The van der Waals surface area contributed by atoms with E-state index in [-0.39, 0.29) is 16.9 Å². The fraction of sp³-hybridized carbons (Fsp3) is 0.259. The van der Waals surface area contributed by atoms with E-state index < -0.39 is 38.5 Å². The number of likely N-dealkylation sites (tertiary alicyclic amines) is 1. The van der Waals surface area contributed by atoms with Gasteiger partial charge in [-0.15, -0.1) is 0 Å². The molecule has 0 spiro atoms. The molecule has 5 rings (SSSR count). The first-order valence-electron chi connectivity index (χ1n) is 12.0. The number of rotatable bonds is 6. The fourth-order valence-electron chi connectivity index (χ4n) is 4.57. The summed E-state index contributed by atoms with van der Waals surface area (Å²) in [6.07, 6.45) is 2.34. The maximum absolute atomic E-state index is 15.1. The summed E-state index contributed by atoms with van der Waals surface area (Å²) in [4.78, 5) is 17.8. The zero-order valence-electron chi connectivity index (χ0n) is 20.4. The molecule has 0 aliphatic carbocycles.